The largest absolute Gasteiger partial charge is 0.352 e. The van der Waals surface area contributed by atoms with E-state index in [-0.39, 0.29) is 29.8 Å². The van der Waals surface area contributed by atoms with E-state index in [0.29, 0.717) is 22.7 Å². The maximum atomic E-state index is 14.5. The molecule has 10 heteroatoms. The van der Waals surface area contributed by atoms with Crippen molar-refractivity contribution in [3.8, 4) is 0 Å². The quantitative estimate of drug-likeness (QED) is 0.155. The minimum absolute atomic E-state index is 0.0523. The lowest BCUT2D eigenvalue weighted by molar-refractivity contribution is -0.140. The van der Waals surface area contributed by atoms with E-state index in [4.69, 9.17) is 11.6 Å². The summed E-state index contributed by atoms with van der Waals surface area (Å²) >= 11 is 8.45. The molecule has 0 saturated heterocycles. The number of carbonyl (C=O) groups is 2. The highest BCUT2D eigenvalue weighted by atomic mass is 127. The summed E-state index contributed by atoms with van der Waals surface area (Å²) in [5, 5.41) is 3.53. The third kappa shape index (κ3) is 8.83. The second-order valence-corrected chi connectivity index (χ2v) is 14.0. The molecule has 2 amide bonds. The van der Waals surface area contributed by atoms with Crippen molar-refractivity contribution in [2.45, 2.75) is 50.2 Å². The molecule has 4 rings (SSSR count). The molecule has 44 heavy (non-hydrogen) atoms. The number of hydrogen-bond donors (Lipinski definition) is 1. The molecular formula is C34H35ClIN3O4S. The van der Waals surface area contributed by atoms with Gasteiger partial charge in [0.1, 0.15) is 12.6 Å². The Morgan fingerprint density at radius 1 is 0.864 bits per heavy atom. The maximum absolute atomic E-state index is 14.5. The number of amides is 2. The smallest absolute Gasteiger partial charge is 0.264 e. The summed E-state index contributed by atoms with van der Waals surface area (Å²) < 4.78 is 30.1. The van der Waals surface area contributed by atoms with E-state index < -0.39 is 28.5 Å². The first kappa shape index (κ1) is 33.5. The zero-order valence-electron chi connectivity index (χ0n) is 24.6. The van der Waals surface area contributed by atoms with Gasteiger partial charge in [-0.2, -0.15) is 0 Å². The fourth-order valence-electron chi connectivity index (χ4n) is 4.68. The van der Waals surface area contributed by atoms with Crippen LogP contribution in [0.5, 0.6) is 0 Å². The van der Waals surface area contributed by atoms with Crippen LogP contribution in [0.15, 0.2) is 114 Å². The van der Waals surface area contributed by atoms with E-state index in [1.807, 2.05) is 50.2 Å². The van der Waals surface area contributed by atoms with E-state index in [2.05, 4.69) is 27.9 Å². The predicted molar refractivity (Wildman–Crippen MR) is 184 cm³/mol. The predicted octanol–water partition coefficient (Wildman–Crippen LogP) is 6.69. The lowest BCUT2D eigenvalue weighted by atomic mass is 10.0. The lowest BCUT2D eigenvalue weighted by Gasteiger charge is -2.34. The molecule has 0 unspecified atom stereocenters. The normalized spacial score (nSPS) is 12.6. The van der Waals surface area contributed by atoms with Crippen LogP contribution in [0.1, 0.15) is 31.4 Å². The Balaban J connectivity index is 1.80. The highest BCUT2D eigenvalue weighted by Gasteiger charge is 2.35. The highest BCUT2D eigenvalue weighted by molar-refractivity contribution is 14.1. The Bertz CT molecular complexity index is 1660. The number of halogens is 2. The van der Waals surface area contributed by atoms with Crippen LogP contribution in [0.2, 0.25) is 5.02 Å². The number of sulfonamides is 1. The Morgan fingerprint density at radius 3 is 2.09 bits per heavy atom. The Labute approximate surface area is 278 Å². The summed E-state index contributed by atoms with van der Waals surface area (Å²) in [7, 11) is -4.14. The summed E-state index contributed by atoms with van der Waals surface area (Å²) in [6.07, 6.45) is 0.951. The molecule has 0 aliphatic rings. The highest BCUT2D eigenvalue weighted by Crippen LogP contribution is 2.26. The van der Waals surface area contributed by atoms with Crippen LogP contribution in [0.25, 0.3) is 0 Å². The van der Waals surface area contributed by atoms with E-state index in [0.717, 1.165) is 13.4 Å². The second kappa shape index (κ2) is 15.5. The molecule has 0 aliphatic heterocycles. The molecule has 0 bridgehead atoms. The van der Waals surface area contributed by atoms with E-state index in [1.54, 1.807) is 60.7 Å². The summed E-state index contributed by atoms with van der Waals surface area (Å²) in [5.74, 6) is -0.839. The van der Waals surface area contributed by atoms with Gasteiger partial charge in [0, 0.05) is 27.6 Å². The number of nitrogens with zero attached hydrogens (tertiary/aromatic N) is 2. The van der Waals surface area contributed by atoms with E-state index in [9.17, 15) is 18.0 Å². The SMILES string of the molecule is CC[C@H](C)NC(=O)[C@@H](Cc1ccccc1)N(Cc1cccc(Cl)c1)C(=O)CN(c1ccc(I)cc1)S(=O)(=O)c1ccccc1. The molecule has 0 heterocycles. The summed E-state index contributed by atoms with van der Waals surface area (Å²) in [6, 6.07) is 30.5. The first-order valence-electron chi connectivity index (χ1n) is 14.3. The van der Waals surface area contributed by atoms with Gasteiger partial charge in [-0.1, -0.05) is 79.2 Å². The fraction of sp³-hybridized carbons (Fsp3) is 0.235. The minimum atomic E-state index is -4.14. The maximum Gasteiger partial charge on any atom is 0.264 e. The van der Waals surface area contributed by atoms with Crippen molar-refractivity contribution in [2.75, 3.05) is 10.8 Å². The van der Waals surface area contributed by atoms with Crippen molar-refractivity contribution in [1.29, 1.82) is 0 Å². The van der Waals surface area contributed by atoms with Gasteiger partial charge < -0.3 is 10.2 Å². The molecule has 0 saturated carbocycles. The van der Waals surface area contributed by atoms with Crippen molar-refractivity contribution in [1.82, 2.24) is 10.2 Å². The van der Waals surface area contributed by atoms with Gasteiger partial charge in [-0.15, -0.1) is 0 Å². The molecule has 0 aliphatic carbocycles. The topological polar surface area (TPSA) is 86.8 Å². The fourth-order valence-corrected chi connectivity index (χ4v) is 6.69. The van der Waals surface area contributed by atoms with Crippen molar-refractivity contribution in [2.24, 2.45) is 0 Å². The number of benzene rings is 4. The van der Waals surface area contributed by atoms with Crippen LogP contribution in [0.3, 0.4) is 0 Å². The Morgan fingerprint density at radius 2 is 1.48 bits per heavy atom. The summed E-state index contributed by atoms with van der Waals surface area (Å²) in [4.78, 5) is 29.9. The van der Waals surface area contributed by atoms with Crippen molar-refractivity contribution in [3.63, 3.8) is 0 Å². The van der Waals surface area contributed by atoms with Gasteiger partial charge in [-0.05, 0) is 95.6 Å². The molecule has 230 valence electrons. The molecule has 4 aromatic carbocycles. The van der Waals surface area contributed by atoms with Gasteiger partial charge in [0.2, 0.25) is 11.8 Å². The average Bonchev–Trinajstić information content (AvgIpc) is 3.02. The number of rotatable bonds is 13. The monoisotopic (exact) mass is 743 g/mol. The second-order valence-electron chi connectivity index (χ2n) is 10.5. The lowest BCUT2D eigenvalue weighted by Crippen LogP contribution is -2.54. The third-order valence-electron chi connectivity index (χ3n) is 7.24. The average molecular weight is 744 g/mol. The van der Waals surface area contributed by atoms with Crippen molar-refractivity contribution in [3.05, 3.63) is 129 Å². The van der Waals surface area contributed by atoms with Gasteiger partial charge in [-0.3, -0.25) is 13.9 Å². The van der Waals surface area contributed by atoms with Crippen LogP contribution in [-0.4, -0.2) is 43.8 Å². The molecule has 1 N–H and O–H groups in total. The van der Waals surface area contributed by atoms with Crippen molar-refractivity contribution >= 4 is 61.7 Å². The standard InChI is InChI=1S/C34H35ClIN3O4S/c1-3-25(2)37-34(41)32(22-26-11-6-4-7-12-26)38(23-27-13-10-14-28(35)21-27)33(40)24-39(30-19-17-29(36)18-20-30)44(42,43)31-15-8-5-9-16-31/h4-21,25,32H,3,22-24H2,1-2H3,(H,37,41)/t25-,32+/m0/s1. The van der Waals surface area contributed by atoms with E-state index >= 15 is 0 Å². The first-order valence-corrected chi connectivity index (χ1v) is 17.2. The van der Waals surface area contributed by atoms with Gasteiger partial charge in [0.05, 0.1) is 10.6 Å². The van der Waals surface area contributed by atoms with E-state index in [1.165, 1.54) is 17.0 Å². The van der Waals surface area contributed by atoms with Gasteiger partial charge in [-0.25, -0.2) is 8.42 Å². The number of carbonyl (C=O) groups excluding carboxylic acids is 2. The van der Waals surface area contributed by atoms with Crippen LogP contribution < -0.4 is 9.62 Å². The molecule has 7 nitrogen and oxygen atoms in total. The van der Waals surface area contributed by atoms with Crippen molar-refractivity contribution < 1.29 is 18.0 Å². The Hall–Kier alpha value is -3.41. The van der Waals surface area contributed by atoms with Crippen LogP contribution in [0, 0.1) is 3.57 Å². The van der Waals surface area contributed by atoms with Gasteiger partial charge in [0.15, 0.2) is 0 Å². The van der Waals surface area contributed by atoms with Gasteiger partial charge >= 0.3 is 0 Å². The minimum Gasteiger partial charge on any atom is -0.352 e. The van der Waals surface area contributed by atoms with Crippen LogP contribution in [-0.2, 0) is 32.6 Å². The van der Waals surface area contributed by atoms with Crippen LogP contribution >= 0.6 is 34.2 Å². The third-order valence-corrected chi connectivity index (χ3v) is 9.98. The molecular weight excluding hydrogens is 709 g/mol. The number of hydrogen-bond acceptors (Lipinski definition) is 4. The zero-order chi connectivity index (χ0) is 31.7. The van der Waals surface area contributed by atoms with Gasteiger partial charge in [0.25, 0.3) is 10.0 Å². The number of anilines is 1. The molecule has 4 aromatic rings. The van der Waals surface area contributed by atoms with Crippen LogP contribution in [0.4, 0.5) is 5.69 Å². The molecule has 0 fully saturated rings. The Kier molecular flexibility index (Phi) is 11.8. The first-order chi connectivity index (χ1) is 21.1. The number of nitrogens with one attached hydrogen (secondary N) is 1. The zero-order valence-corrected chi connectivity index (χ0v) is 28.3. The molecule has 0 radical (unpaired) electrons. The summed E-state index contributed by atoms with van der Waals surface area (Å²) in [5.41, 5.74) is 1.92. The molecule has 2 atom stereocenters. The molecule has 0 spiro atoms. The summed E-state index contributed by atoms with van der Waals surface area (Å²) in [6.45, 7) is 3.42. The molecule has 0 aromatic heterocycles.